The van der Waals surface area contributed by atoms with Crippen LogP contribution in [0.5, 0.6) is 5.75 Å². The van der Waals surface area contributed by atoms with Gasteiger partial charge in [0.25, 0.3) is 0 Å². The van der Waals surface area contributed by atoms with E-state index in [-0.39, 0.29) is 5.88 Å². The van der Waals surface area contributed by atoms with Crippen LogP contribution >= 0.6 is 23.2 Å². The number of rotatable bonds is 3. The SMILES string of the molecule is COc1cc(Cl)ccc1-c1cnc(CCl)o1. The molecule has 0 aliphatic heterocycles. The second kappa shape index (κ2) is 4.76. The van der Waals surface area contributed by atoms with E-state index in [1.54, 1.807) is 25.4 Å². The molecule has 0 atom stereocenters. The van der Waals surface area contributed by atoms with Crippen LogP contribution < -0.4 is 4.74 Å². The van der Waals surface area contributed by atoms with Crippen LogP contribution in [0, 0.1) is 0 Å². The lowest BCUT2D eigenvalue weighted by Crippen LogP contribution is -1.86. The van der Waals surface area contributed by atoms with Gasteiger partial charge in [0.1, 0.15) is 5.75 Å². The Labute approximate surface area is 103 Å². The molecule has 0 spiro atoms. The quantitative estimate of drug-likeness (QED) is 0.786. The minimum absolute atomic E-state index is 0.246. The van der Waals surface area contributed by atoms with E-state index in [0.29, 0.717) is 22.4 Å². The van der Waals surface area contributed by atoms with Gasteiger partial charge < -0.3 is 9.15 Å². The molecule has 3 nitrogen and oxygen atoms in total. The molecule has 0 saturated carbocycles. The summed E-state index contributed by atoms with van der Waals surface area (Å²) in [4.78, 5) is 4.02. The van der Waals surface area contributed by atoms with E-state index in [1.807, 2.05) is 6.07 Å². The Hall–Kier alpha value is -1.19. The van der Waals surface area contributed by atoms with E-state index in [2.05, 4.69) is 4.98 Å². The lowest BCUT2D eigenvalue weighted by atomic mass is 10.1. The first kappa shape index (κ1) is 11.3. The molecule has 5 heteroatoms. The normalized spacial score (nSPS) is 10.4. The Morgan fingerprint density at radius 3 is 2.88 bits per heavy atom. The molecule has 0 N–H and O–H groups in total. The van der Waals surface area contributed by atoms with Crippen molar-refractivity contribution >= 4 is 23.2 Å². The van der Waals surface area contributed by atoms with Gasteiger partial charge in [-0.15, -0.1) is 11.6 Å². The van der Waals surface area contributed by atoms with Gasteiger partial charge in [-0.25, -0.2) is 4.98 Å². The Morgan fingerprint density at radius 2 is 2.25 bits per heavy atom. The van der Waals surface area contributed by atoms with Crippen LogP contribution in [0.15, 0.2) is 28.8 Å². The van der Waals surface area contributed by atoms with Gasteiger partial charge in [0, 0.05) is 5.02 Å². The molecule has 1 aromatic carbocycles. The van der Waals surface area contributed by atoms with E-state index in [9.17, 15) is 0 Å². The van der Waals surface area contributed by atoms with E-state index >= 15 is 0 Å². The van der Waals surface area contributed by atoms with Crippen LogP contribution in [0.25, 0.3) is 11.3 Å². The van der Waals surface area contributed by atoms with Crippen molar-refractivity contribution in [3.05, 3.63) is 35.3 Å². The van der Waals surface area contributed by atoms with E-state index in [4.69, 9.17) is 32.4 Å². The minimum Gasteiger partial charge on any atom is -0.496 e. The van der Waals surface area contributed by atoms with Gasteiger partial charge in [0.05, 0.1) is 24.8 Å². The molecular weight excluding hydrogens is 249 g/mol. The average Bonchev–Trinajstić information content (AvgIpc) is 2.77. The number of alkyl halides is 1. The van der Waals surface area contributed by atoms with Crippen molar-refractivity contribution in [1.29, 1.82) is 0 Å². The molecule has 1 heterocycles. The first-order valence-electron chi connectivity index (χ1n) is 4.59. The zero-order chi connectivity index (χ0) is 11.5. The lowest BCUT2D eigenvalue weighted by molar-refractivity contribution is 0.414. The van der Waals surface area contributed by atoms with Gasteiger partial charge in [0.15, 0.2) is 5.76 Å². The third-order valence-corrected chi connectivity index (χ3v) is 2.56. The van der Waals surface area contributed by atoms with Crippen LogP contribution in [-0.4, -0.2) is 12.1 Å². The molecule has 0 unspecified atom stereocenters. The average molecular weight is 258 g/mol. The van der Waals surface area contributed by atoms with Crippen LogP contribution in [0.3, 0.4) is 0 Å². The maximum absolute atomic E-state index is 5.87. The van der Waals surface area contributed by atoms with Gasteiger partial charge in [-0.1, -0.05) is 11.6 Å². The Morgan fingerprint density at radius 1 is 1.44 bits per heavy atom. The van der Waals surface area contributed by atoms with Crippen molar-refractivity contribution in [2.75, 3.05) is 7.11 Å². The molecule has 2 aromatic rings. The summed E-state index contributed by atoms with van der Waals surface area (Å²) in [6.45, 7) is 0. The molecular formula is C11H9Cl2NO2. The number of aromatic nitrogens is 1. The van der Waals surface area contributed by atoms with Crippen molar-refractivity contribution in [2.45, 2.75) is 5.88 Å². The molecule has 0 radical (unpaired) electrons. The van der Waals surface area contributed by atoms with E-state index in [1.165, 1.54) is 0 Å². The van der Waals surface area contributed by atoms with Crippen molar-refractivity contribution < 1.29 is 9.15 Å². The van der Waals surface area contributed by atoms with Crippen LogP contribution in [0.2, 0.25) is 5.02 Å². The highest BCUT2D eigenvalue weighted by Crippen LogP contribution is 2.32. The molecule has 0 bridgehead atoms. The molecule has 2 rings (SSSR count). The number of oxazole rings is 1. The highest BCUT2D eigenvalue weighted by atomic mass is 35.5. The molecule has 16 heavy (non-hydrogen) atoms. The van der Waals surface area contributed by atoms with Gasteiger partial charge in [-0.2, -0.15) is 0 Å². The van der Waals surface area contributed by atoms with Crippen molar-refractivity contribution in [2.24, 2.45) is 0 Å². The number of nitrogens with zero attached hydrogens (tertiary/aromatic N) is 1. The molecule has 1 aromatic heterocycles. The second-order valence-corrected chi connectivity index (χ2v) is 3.80. The maximum Gasteiger partial charge on any atom is 0.209 e. The minimum atomic E-state index is 0.246. The smallest absolute Gasteiger partial charge is 0.209 e. The van der Waals surface area contributed by atoms with Crippen LogP contribution in [0.1, 0.15) is 5.89 Å². The largest absolute Gasteiger partial charge is 0.496 e. The van der Waals surface area contributed by atoms with Crippen molar-refractivity contribution in [3.63, 3.8) is 0 Å². The van der Waals surface area contributed by atoms with Crippen LogP contribution in [0.4, 0.5) is 0 Å². The number of benzene rings is 1. The Bertz CT molecular complexity index is 496. The molecule has 84 valence electrons. The number of methoxy groups -OCH3 is 1. The molecule has 0 aliphatic carbocycles. The number of halogens is 2. The zero-order valence-corrected chi connectivity index (χ0v) is 10.0. The highest BCUT2D eigenvalue weighted by Gasteiger charge is 2.11. The zero-order valence-electron chi connectivity index (χ0n) is 8.54. The predicted molar refractivity (Wildman–Crippen MR) is 63.1 cm³/mol. The van der Waals surface area contributed by atoms with Gasteiger partial charge in [-0.05, 0) is 18.2 Å². The van der Waals surface area contributed by atoms with Crippen LogP contribution in [-0.2, 0) is 5.88 Å². The number of hydrogen-bond donors (Lipinski definition) is 0. The summed E-state index contributed by atoms with van der Waals surface area (Å²) in [6.07, 6.45) is 1.61. The van der Waals surface area contributed by atoms with Gasteiger partial charge in [0.2, 0.25) is 5.89 Å². The third-order valence-electron chi connectivity index (χ3n) is 2.10. The topological polar surface area (TPSA) is 35.3 Å². The Kier molecular flexibility index (Phi) is 3.36. The fraction of sp³-hybridized carbons (Fsp3) is 0.182. The predicted octanol–water partition coefficient (Wildman–Crippen LogP) is 3.74. The number of hydrogen-bond acceptors (Lipinski definition) is 3. The van der Waals surface area contributed by atoms with Crippen molar-refractivity contribution in [1.82, 2.24) is 4.98 Å². The monoisotopic (exact) mass is 257 g/mol. The van der Waals surface area contributed by atoms with Gasteiger partial charge in [-0.3, -0.25) is 0 Å². The fourth-order valence-corrected chi connectivity index (χ4v) is 1.65. The number of ether oxygens (including phenoxy) is 1. The summed E-state index contributed by atoms with van der Waals surface area (Å²) in [6, 6.07) is 5.31. The molecule has 0 fully saturated rings. The summed E-state index contributed by atoms with van der Waals surface area (Å²) in [5, 5.41) is 0.609. The van der Waals surface area contributed by atoms with E-state index < -0.39 is 0 Å². The first-order chi connectivity index (χ1) is 7.74. The summed E-state index contributed by atoms with van der Waals surface area (Å²) in [7, 11) is 1.58. The highest BCUT2D eigenvalue weighted by molar-refractivity contribution is 6.30. The standard InChI is InChI=1S/C11H9Cl2NO2/c1-15-9-4-7(13)2-3-8(9)10-6-14-11(5-12)16-10/h2-4,6H,5H2,1H3. The summed E-state index contributed by atoms with van der Waals surface area (Å²) >= 11 is 11.5. The second-order valence-electron chi connectivity index (χ2n) is 3.10. The van der Waals surface area contributed by atoms with Gasteiger partial charge >= 0.3 is 0 Å². The molecule has 0 saturated heterocycles. The summed E-state index contributed by atoms with van der Waals surface area (Å²) in [5.41, 5.74) is 0.802. The fourth-order valence-electron chi connectivity index (χ4n) is 1.37. The first-order valence-corrected chi connectivity index (χ1v) is 5.50. The summed E-state index contributed by atoms with van der Waals surface area (Å²) in [5.74, 6) is 1.98. The lowest BCUT2D eigenvalue weighted by Gasteiger charge is -2.05. The molecule has 0 aliphatic rings. The summed E-state index contributed by atoms with van der Waals surface area (Å²) < 4.78 is 10.7. The van der Waals surface area contributed by atoms with Crippen molar-refractivity contribution in [3.8, 4) is 17.1 Å². The maximum atomic E-state index is 5.87. The molecule has 0 amide bonds. The Balaban J connectivity index is 2.46. The third kappa shape index (κ3) is 2.15. The van der Waals surface area contributed by atoms with E-state index in [0.717, 1.165) is 5.56 Å².